The van der Waals surface area contributed by atoms with E-state index < -0.39 is 0 Å². The first-order valence-corrected chi connectivity index (χ1v) is 6.03. The molecule has 4 nitrogen and oxygen atoms in total. The highest BCUT2D eigenvalue weighted by Gasteiger charge is 2.12. The summed E-state index contributed by atoms with van der Waals surface area (Å²) in [5.41, 5.74) is 1.54. The fraction of sp³-hybridized carbons (Fsp3) is 0.500. The number of benzene rings is 1. The van der Waals surface area contributed by atoms with Gasteiger partial charge in [-0.3, -0.25) is 0 Å². The van der Waals surface area contributed by atoms with E-state index in [1.807, 2.05) is 0 Å². The van der Waals surface area contributed by atoms with Gasteiger partial charge in [0.1, 0.15) is 5.75 Å². The second-order valence-electron chi connectivity index (χ2n) is 4.55. The van der Waals surface area contributed by atoms with E-state index in [1.165, 1.54) is 0 Å². The Hall–Kier alpha value is -1.57. The van der Waals surface area contributed by atoms with Crippen molar-refractivity contribution in [2.45, 2.75) is 26.4 Å². The Balaban J connectivity index is 2.79. The van der Waals surface area contributed by atoms with Crippen molar-refractivity contribution in [2.75, 3.05) is 13.7 Å². The summed E-state index contributed by atoms with van der Waals surface area (Å²) >= 11 is 0. The molecule has 0 saturated carbocycles. The Labute approximate surface area is 108 Å². The van der Waals surface area contributed by atoms with Gasteiger partial charge in [0.05, 0.1) is 25.3 Å². The van der Waals surface area contributed by atoms with Crippen LogP contribution in [-0.4, -0.2) is 24.9 Å². The van der Waals surface area contributed by atoms with Gasteiger partial charge in [-0.1, -0.05) is 13.8 Å². The zero-order valence-corrected chi connectivity index (χ0v) is 11.1. The summed E-state index contributed by atoms with van der Waals surface area (Å²) in [4.78, 5) is 0. The summed E-state index contributed by atoms with van der Waals surface area (Å²) in [5, 5.41) is 21.4. The van der Waals surface area contributed by atoms with Crippen LogP contribution in [0.15, 0.2) is 18.2 Å². The lowest BCUT2D eigenvalue weighted by atomic mass is 10.0. The highest BCUT2D eigenvalue weighted by molar-refractivity contribution is 5.42. The number of nitrogens with one attached hydrogen (secondary N) is 1. The first-order chi connectivity index (χ1) is 8.62. The van der Waals surface area contributed by atoms with E-state index in [4.69, 9.17) is 10.00 Å². The van der Waals surface area contributed by atoms with E-state index >= 15 is 0 Å². The van der Waals surface area contributed by atoms with Gasteiger partial charge >= 0.3 is 0 Å². The van der Waals surface area contributed by atoms with Crippen LogP contribution in [0.3, 0.4) is 0 Å². The zero-order chi connectivity index (χ0) is 13.5. The summed E-state index contributed by atoms with van der Waals surface area (Å²) in [7, 11) is 1.61. The minimum absolute atomic E-state index is 0.0421. The van der Waals surface area contributed by atoms with Crippen LogP contribution in [0, 0.1) is 17.2 Å². The van der Waals surface area contributed by atoms with Gasteiger partial charge in [-0.05, 0) is 24.1 Å². The van der Waals surface area contributed by atoms with Crippen LogP contribution in [0.25, 0.3) is 0 Å². The van der Waals surface area contributed by atoms with E-state index in [9.17, 15) is 5.11 Å². The van der Waals surface area contributed by atoms with Crippen molar-refractivity contribution in [3.05, 3.63) is 29.3 Å². The molecule has 0 unspecified atom stereocenters. The first kappa shape index (κ1) is 14.5. The van der Waals surface area contributed by atoms with Gasteiger partial charge in [0, 0.05) is 18.2 Å². The maximum Gasteiger partial charge on any atom is 0.123 e. The third kappa shape index (κ3) is 3.73. The molecule has 0 heterocycles. The molecule has 0 saturated heterocycles. The topological polar surface area (TPSA) is 65.3 Å². The van der Waals surface area contributed by atoms with E-state index in [0.29, 0.717) is 18.0 Å². The van der Waals surface area contributed by atoms with Gasteiger partial charge in [-0.2, -0.15) is 5.26 Å². The minimum Gasteiger partial charge on any atom is -0.496 e. The molecule has 18 heavy (non-hydrogen) atoms. The number of methoxy groups -OCH3 is 1. The van der Waals surface area contributed by atoms with Crippen LogP contribution in [-0.2, 0) is 6.54 Å². The SMILES string of the molecule is COc1ccc(C#N)cc1CN[C@H](CO)C(C)C. The van der Waals surface area contributed by atoms with Crippen LogP contribution < -0.4 is 10.1 Å². The largest absolute Gasteiger partial charge is 0.496 e. The third-order valence-electron chi connectivity index (χ3n) is 2.97. The van der Waals surface area contributed by atoms with Gasteiger partial charge in [-0.15, -0.1) is 0 Å². The predicted molar refractivity (Wildman–Crippen MR) is 70.3 cm³/mol. The normalized spacial score (nSPS) is 12.2. The number of aliphatic hydroxyl groups excluding tert-OH is 1. The number of rotatable bonds is 6. The molecule has 0 aliphatic carbocycles. The molecule has 0 fully saturated rings. The highest BCUT2D eigenvalue weighted by atomic mass is 16.5. The van der Waals surface area contributed by atoms with E-state index in [0.717, 1.165) is 11.3 Å². The fourth-order valence-corrected chi connectivity index (χ4v) is 1.74. The van der Waals surface area contributed by atoms with E-state index in [2.05, 4.69) is 25.2 Å². The molecule has 0 amide bonds. The summed E-state index contributed by atoms with van der Waals surface area (Å²) in [5.74, 6) is 1.10. The molecule has 1 aromatic carbocycles. The molecule has 1 atom stereocenters. The second-order valence-corrected chi connectivity index (χ2v) is 4.55. The predicted octanol–water partition coefficient (Wildman–Crippen LogP) is 1.67. The number of hydrogen-bond acceptors (Lipinski definition) is 4. The molecule has 4 heteroatoms. The van der Waals surface area contributed by atoms with Crippen LogP contribution >= 0.6 is 0 Å². The van der Waals surface area contributed by atoms with Crippen LogP contribution in [0.2, 0.25) is 0 Å². The summed E-state index contributed by atoms with van der Waals surface area (Å²) < 4.78 is 5.26. The third-order valence-corrected chi connectivity index (χ3v) is 2.97. The number of nitriles is 1. The molecule has 0 aliphatic rings. The minimum atomic E-state index is 0.0421. The van der Waals surface area contributed by atoms with Crippen molar-refractivity contribution < 1.29 is 9.84 Å². The van der Waals surface area contributed by atoms with Crippen molar-refractivity contribution in [3.63, 3.8) is 0 Å². The number of nitrogens with zero attached hydrogens (tertiary/aromatic N) is 1. The average Bonchev–Trinajstić information content (AvgIpc) is 2.38. The molecule has 0 radical (unpaired) electrons. The number of hydrogen-bond donors (Lipinski definition) is 2. The molecular weight excluding hydrogens is 228 g/mol. The Morgan fingerprint density at radius 2 is 2.17 bits per heavy atom. The van der Waals surface area contributed by atoms with Crippen molar-refractivity contribution in [1.29, 1.82) is 5.26 Å². The summed E-state index contributed by atoms with van der Waals surface area (Å²) in [6, 6.07) is 7.48. The lowest BCUT2D eigenvalue weighted by molar-refractivity contribution is 0.209. The van der Waals surface area contributed by atoms with Crippen LogP contribution in [0.5, 0.6) is 5.75 Å². The number of aliphatic hydroxyl groups is 1. The molecule has 1 aromatic rings. The molecule has 0 bridgehead atoms. The van der Waals surface area contributed by atoms with Gasteiger partial charge < -0.3 is 15.2 Å². The molecule has 0 aromatic heterocycles. The fourth-order valence-electron chi connectivity index (χ4n) is 1.74. The molecule has 1 rings (SSSR count). The zero-order valence-electron chi connectivity index (χ0n) is 11.1. The summed E-state index contributed by atoms with van der Waals surface area (Å²) in [6.07, 6.45) is 0. The van der Waals surface area contributed by atoms with Crippen molar-refractivity contribution in [2.24, 2.45) is 5.92 Å². The molecular formula is C14H20N2O2. The smallest absolute Gasteiger partial charge is 0.123 e. The van der Waals surface area contributed by atoms with Crippen molar-refractivity contribution in [3.8, 4) is 11.8 Å². The molecule has 98 valence electrons. The Morgan fingerprint density at radius 3 is 2.67 bits per heavy atom. The lowest BCUT2D eigenvalue weighted by Gasteiger charge is -2.20. The quantitative estimate of drug-likeness (QED) is 0.803. The van der Waals surface area contributed by atoms with Crippen LogP contribution in [0.1, 0.15) is 25.0 Å². The van der Waals surface area contributed by atoms with Gasteiger partial charge in [0.25, 0.3) is 0 Å². The van der Waals surface area contributed by atoms with Crippen molar-refractivity contribution in [1.82, 2.24) is 5.32 Å². The highest BCUT2D eigenvalue weighted by Crippen LogP contribution is 2.19. The van der Waals surface area contributed by atoms with Gasteiger partial charge in [0.2, 0.25) is 0 Å². The first-order valence-electron chi connectivity index (χ1n) is 6.03. The molecule has 2 N–H and O–H groups in total. The van der Waals surface area contributed by atoms with Gasteiger partial charge in [0.15, 0.2) is 0 Å². The maximum atomic E-state index is 9.26. The summed E-state index contributed by atoms with van der Waals surface area (Å²) in [6.45, 7) is 4.77. The molecule has 0 aliphatic heterocycles. The van der Waals surface area contributed by atoms with E-state index in [-0.39, 0.29) is 12.6 Å². The average molecular weight is 248 g/mol. The van der Waals surface area contributed by atoms with Crippen LogP contribution in [0.4, 0.5) is 0 Å². The number of ether oxygens (including phenoxy) is 1. The Morgan fingerprint density at radius 1 is 1.44 bits per heavy atom. The van der Waals surface area contributed by atoms with Crippen molar-refractivity contribution >= 4 is 0 Å². The van der Waals surface area contributed by atoms with Gasteiger partial charge in [-0.25, -0.2) is 0 Å². The maximum absolute atomic E-state index is 9.26. The molecule has 0 spiro atoms. The second kappa shape index (κ2) is 7.00. The van der Waals surface area contributed by atoms with E-state index in [1.54, 1.807) is 25.3 Å². The standard InChI is InChI=1S/C14H20N2O2/c1-10(2)13(9-17)16-8-12-6-11(7-15)4-5-14(12)18-3/h4-6,10,13,16-17H,8-9H2,1-3H3/t13-/m1/s1. The lowest BCUT2D eigenvalue weighted by Crippen LogP contribution is -2.36. The Bertz CT molecular complexity index is 424. The Kier molecular flexibility index (Phi) is 5.63. The monoisotopic (exact) mass is 248 g/mol.